The summed E-state index contributed by atoms with van der Waals surface area (Å²) in [6, 6.07) is 8.25. The predicted octanol–water partition coefficient (Wildman–Crippen LogP) is 3.63. The largest absolute Gasteiger partial charge is 0.491 e. The zero-order valence-electron chi connectivity index (χ0n) is 13.2. The predicted molar refractivity (Wildman–Crippen MR) is 84.2 cm³/mol. The molecule has 1 aromatic carbocycles. The third-order valence-corrected chi connectivity index (χ3v) is 2.99. The van der Waals surface area contributed by atoms with Crippen LogP contribution in [0.4, 0.5) is 0 Å². The Morgan fingerprint density at radius 1 is 1.15 bits per heavy atom. The molecule has 0 heterocycles. The van der Waals surface area contributed by atoms with E-state index in [2.05, 4.69) is 38.2 Å². The van der Waals surface area contributed by atoms with Crippen LogP contribution in [-0.4, -0.2) is 26.4 Å². The van der Waals surface area contributed by atoms with Gasteiger partial charge in [0.1, 0.15) is 12.4 Å². The highest BCUT2D eigenvalue weighted by Crippen LogP contribution is 2.13. The molecule has 3 nitrogen and oxygen atoms in total. The van der Waals surface area contributed by atoms with Crippen LogP contribution in [0.15, 0.2) is 24.3 Å². The van der Waals surface area contributed by atoms with Gasteiger partial charge in [-0.15, -0.1) is 0 Å². The van der Waals surface area contributed by atoms with Gasteiger partial charge >= 0.3 is 0 Å². The average molecular weight is 279 g/mol. The van der Waals surface area contributed by atoms with E-state index in [1.165, 1.54) is 5.56 Å². The molecule has 0 aliphatic rings. The number of nitrogens with one attached hydrogen (secondary N) is 1. The second-order valence-corrected chi connectivity index (χ2v) is 5.47. The van der Waals surface area contributed by atoms with Crippen molar-refractivity contribution in [3.8, 4) is 5.75 Å². The zero-order chi connectivity index (χ0) is 14.6. The maximum Gasteiger partial charge on any atom is 0.119 e. The van der Waals surface area contributed by atoms with Crippen molar-refractivity contribution >= 4 is 0 Å². The van der Waals surface area contributed by atoms with Crippen molar-refractivity contribution in [2.45, 2.75) is 40.2 Å². The van der Waals surface area contributed by atoms with E-state index in [9.17, 15) is 0 Å². The SMILES string of the molecule is CCCNCc1cccc(OCCOCCC(C)C)c1. The molecule has 0 unspecified atom stereocenters. The molecule has 0 amide bonds. The van der Waals surface area contributed by atoms with Crippen molar-refractivity contribution in [2.75, 3.05) is 26.4 Å². The van der Waals surface area contributed by atoms with Crippen LogP contribution in [0.25, 0.3) is 0 Å². The number of benzene rings is 1. The van der Waals surface area contributed by atoms with Crippen molar-refractivity contribution in [1.29, 1.82) is 0 Å². The minimum absolute atomic E-state index is 0.615. The normalized spacial score (nSPS) is 11.0. The van der Waals surface area contributed by atoms with Gasteiger partial charge in [0.25, 0.3) is 0 Å². The van der Waals surface area contributed by atoms with Gasteiger partial charge in [-0.3, -0.25) is 0 Å². The Labute approximate surface area is 123 Å². The molecular weight excluding hydrogens is 250 g/mol. The summed E-state index contributed by atoms with van der Waals surface area (Å²) in [6.07, 6.45) is 2.27. The Morgan fingerprint density at radius 3 is 2.75 bits per heavy atom. The van der Waals surface area contributed by atoms with Crippen molar-refractivity contribution < 1.29 is 9.47 Å². The third-order valence-electron chi connectivity index (χ3n) is 2.99. The van der Waals surface area contributed by atoms with Crippen LogP contribution < -0.4 is 10.1 Å². The van der Waals surface area contributed by atoms with E-state index < -0.39 is 0 Å². The molecule has 0 spiro atoms. The second-order valence-electron chi connectivity index (χ2n) is 5.47. The molecule has 1 N–H and O–H groups in total. The minimum Gasteiger partial charge on any atom is -0.491 e. The number of ether oxygens (including phenoxy) is 2. The summed E-state index contributed by atoms with van der Waals surface area (Å²) in [4.78, 5) is 0. The highest BCUT2D eigenvalue weighted by Gasteiger charge is 1.98. The fourth-order valence-corrected chi connectivity index (χ4v) is 1.79. The van der Waals surface area contributed by atoms with Gasteiger partial charge in [-0.05, 0) is 43.0 Å². The summed E-state index contributed by atoms with van der Waals surface area (Å²) < 4.78 is 11.2. The summed E-state index contributed by atoms with van der Waals surface area (Å²) in [5, 5.41) is 3.39. The fraction of sp³-hybridized carbons (Fsp3) is 0.647. The molecule has 20 heavy (non-hydrogen) atoms. The van der Waals surface area contributed by atoms with Crippen molar-refractivity contribution in [3.63, 3.8) is 0 Å². The van der Waals surface area contributed by atoms with Crippen LogP contribution in [0.2, 0.25) is 0 Å². The number of rotatable bonds is 11. The highest BCUT2D eigenvalue weighted by molar-refractivity contribution is 5.28. The second kappa shape index (κ2) is 10.7. The Morgan fingerprint density at radius 2 is 2.00 bits per heavy atom. The Kier molecular flexibility index (Phi) is 9.09. The molecule has 0 saturated heterocycles. The average Bonchev–Trinajstić information content (AvgIpc) is 2.43. The molecule has 114 valence electrons. The van der Waals surface area contributed by atoms with Crippen LogP contribution in [-0.2, 0) is 11.3 Å². The van der Waals surface area contributed by atoms with Crippen molar-refractivity contribution in [1.82, 2.24) is 5.32 Å². The molecule has 0 atom stereocenters. The van der Waals surface area contributed by atoms with Crippen LogP contribution in [0.5, 0.6) is 5.75 Å². The lowest BCUT2D eigenvalue weighted by Gasteiger charge is -2.10. The summed E-state index contributed by atoms with van der Waals surface area (Å²) in [7, 11) is 0. The van der Waals surface area contributed by atoms with E-state index in [-0.39, 0.29) is 0 Å². The van der Waals surface area contributed by atoms with Gasteiger partial charge in [0, 0.05) is 13.2 Å². The standard InChI is InChI=1S/C17H29NO2/c1-4-9-18-14-16-6-5-7-17(13-16)20-12-11-19-10-8-15(2)3/h5-7,13,15,18H,4,8-12,14H2,1-3H3. The molecule has 0 fully saturated rings. The van der Waals surface area contributed by atoms with E-state index in [1.807, 2.05) is 12.1 Å². The van der Waals surface area contributed by atoms with Crippen LogP contribution >= 0.6 is 0 Å². The summed E-state index contributed by atoms with van der Waals surface area (Å²) in [6.45, 7) is 10.6. The monoisotopic (exact) mass is 279 g/mol. The van der Waals surface area contributed by atoms with Gasteiger partial charge in [0.05, 0.1) is 6.61 Å². The van der Waals surface area contributed by atoms with Gasteiger partial charge in [-0.2, -0.15) is 0 Å². The van der Waals surface area contributed by atoms with E-state index in [0.29, 0.717) is 19.1 Å². The fourth-order valence-electron chi connectivity index (χ4n) is 1.79. The van der Waals surface area contributed by atoms with E-state index in [4.69, 9.17) is 9.47 Å². The Balaban J connectivity index is 2.18. The lowest BCUT2D eigenvalue weighted by molar-refractivity contribution is 0.0925. The molecule has 1 aromatic rings. The molecule has 0 bridgehead atoms. The Hall–Kier alpha value is -1.06. The smallest absolute Gasteiger partial charge is 0.119 e. The molecule has 0 radical (unpaired) electrons. The molecule has 0 aromatic heterocycles. The molecule has 1 rings (SSSR count). The first kappa shape index (κ1) is 17.0. The van der Waals surface area contributed by atoms with E-state index in [1.54, 1.807) is 0 Å². The third kappa shape index (κ3) is 8.18. The molecule has 0 aliphatic carbocycles. The maximum atomic E-state index is 5.71. The lowest BCUT2D eigenvalue weighted by atomic mass is 10.1. The van der Waals surface area contributed by atoms with Crippen LogP contribution in [0.1, 0.15) is 39.2 Å². The van der Waals surface area contributed by atoms with Gasteiger partial charge in [-0.25, -0.2) is 0 Å². The van der Waals surface area contributed by atoms with Gasteiger partial charge in [0.2, 0.25) is 0 Å². The van der Waals surface area contributed by atoms with E-state index >= 15 is 0 Å². The summed E-state index contributed by atoms with van der Waals surface area (Å²) in [5.41, 5.74) is 1.26. The van der Waals surface area contributed by atoms with E-state index in [0.717, 1.165) is 38.3 Å². The first-order chi connectivity index (χ1) is 9.72. The molecule has 3 heteroatoms. The highest BCUT2D eigenvalue weighted by atomic mass is 16.5. The van der Waals surface area contributed by atoms with Crippen molar-refractivity contribution in [3.05, 3.63) is 29.8 Å². The van der Waals surface area contributed by atoms with Gasteiger partial charge in [-0.1, -0.05) is 32.9 Å². The summed E-state index contributed by atoms with van der Waals surface area (Å²) >= 11 is 0. The molecule has 0 saturated carbocycles. The number of hydrogen-bond donors (Lipinski definition) is 1. The van der Waals surface area contributed by atoms with Crippen LogP contribution in [0.3, 0.4) is 0 Å². The quantitative estimate of drug-likeness (QED) is 0.627. The zero-order valence-corrected chi connectivity index (χ0v) is 13.2. The first-order valence-electron chi connectivity index (χ1n) is 7.72. The first-order valence-corrected chi connectivity index (χ1v) is 7.72. The molecular formula is C17H29NO2. The lowest BCUT2D eigenvalue weighted by Crippen LogP contribution is -2.14. The van der Waals surface area contributed by atoms with Crippen LogP contribution in [0, 0.1) is 5.92 Å². The Bertz CT molecular complexity index is 353. The maximum absolute atomic E-state index is 5.71. The number of hydrogen-bond acceptors (Lipinski definition) is 3. The summed E-state index contributed by atoms with van der Waals surface area (Å²) in [5.74, 6) is 1.62. The van der Waals surface area contributed by atoms with Gasteiger partial charge in [0.15, 0.2) is 0 Å². The van der Waals surface area contributed by atoms with Gasteiger partial charge < -0.3 is 14.8 Å². The minimum atomic E-state index is 0.615. The molecule has 0 aliphatic heterocycles. The van der Waals surface area contributed by atoms with Crippen molar-refractivity contribution in [2.24, 2.45) is 5.92 Å². The topological polar surface area (TPSA) is 30.5 Å².